The molecule has 0 saturated heterocycles. The first-order valence-electron chi connectivity index (χ1n) is 12.9. The summed E-state index contributed by atoms with van der Waals surface area (Å²) in [6, 6.07) is 7.74. The number of benzene rings is 1. The third kappa shape index (κ3) is 10.6. The Labute approximate surface area is 205 Å². The lowest BCUT2D eigenvalue weighted by atomic mass is 9.95. The molecule has 2 rings (SSSR count). The number of carbonyl (C=O) groups is 1. The average Bonchev–Trinajstić information content (AvgIpc) is 2.85. The van der Waals surface area contributed by atoms with E-state index < -0.39 is 11.9 Å². The quantitative estimate of drug-likeness (QED) is 0.222. The smallest absolute Gasteiger partial charge is 0.311 e. The molecule has 0 bridgehead atoms. The monoisotopic (exact) mass is 470 g/mol. The number of ether oxygens (including phenoxy) is 2. The van der Waals surface area contributed by atoms with E-state index in [0.717, 1.165) is 56.4 Å². The van der Waals surface area contributed by atoms with Gasteiger partial charge in [0.05, 0.1) is 12.5 Å². The lowest BCUT2D eigenvalue weighted by Gasteiger charge is -2.12. The van der Waals surface area contributed by atoms with Crippen molar-refractivity contribution >= 4 is 5.97 Å². The van der Waals surface area contributed by atoms with Crippen LogP contribution in [0.1, 0.15) is 95.5 Å². The minimum Gasteiger partial charge on any atom is -0.494 e. The minimum atomic E-state index is -0.803. The van der Waals surface area contributed by atoms with Crippen LogP contribution < -0.4 is 4.74 Å². The highest BCUT2D eigenvalue weighted by molar-refractivity contribution is 5.75. The van der Waals surface area contributed by atoms with Gasteiger partial charge in [-0.05, 0) is 49.9 Å². The Hall–Kier alpha value is -2.47. The summed E-state index contributed by atoms with van der Waals surface area (Å²) in [5.41, 5.74) is 1.56. The highest BCUT2D eigenvalue weighted by atomic mass is 16.5. The highest BCUT2D eigenvalue weighted by Crippen LogP contribution is 2.25. The van der Waals surface area contributed by atoms with Crippen molar-refractivity contribution in [3.05, 3.63) is 42.2 Å². The van der Waals surface area contributed by atoms with Crippen LogP contribution in [0.25, 0.3) is 11.4 Å². The maximum atomic E-state index is 11.8. The topological polar surface area (TPSA) is 81.5 Å². The zero-order valence-corrected chi connectivity index (χ0v) is 21.0. The molecule has 1 aromatic heterocycles. The molecule has 0 spiro atoms. The van der Waals surface area contributed by atoms with Gasteiger partial charge < -0.3 is 14.6 Å². The number of aromatic nitrogens is 2. The number of carboxylic acids is 1. The molecule has 6 nitrogen and oxygen atoms in total. The average molecular weight is 471 g/mol. The van der Waals surface area contributed by atoms with Crippen LogP contribution in [0, 0.1) is 0 Å². The van der Waals surface area contributed by atoms with Gasteiger partial charge in [0.25, 0.3) is 0 Å². The summed E-state index contributed by atoms with van der Waals surface area (Å²) in [6.07, 6.45) is 16.6. The highest BCUT2D eigenvalue weighted by Gasteiger charge is 2.20. The minimum absolute atomic E-state index is 0.546. The van der Waals surface area contributed by atoms with Gasteiger partial charge >= 0.3 is 5.97 Å². The van der Waals surface area contributed by atoms with Gasteiger partial charge in [-0.2, -0.15) is 0 Å². The first-order valence-corrected chi connectivity index (χ1v) is 12.9. The summed E-state index contributed by atoms with van der Waals surface area (Å²) < 4.78 is 10.9. The molecule has 1 unspecified atom stereocenters. The number of methoxy groups -OCH3 is 1. The second-order valence-corrected chi connectivity index (χ2v) is 8.92. The van der Waals surface area contributed by atoms with Crippen LogP contribution in [0.5, 0.6) is 5.75 Å². The molecule has 1 heterocycles. The van der Waals surface area contributed by atoms with Gasteiger partial charge in [0.15, 0.2) is 5.82 Å². The number of hydrogen-bond donors (Lipinski definition) is 1. The lowest BCUT2D eigenvalue weighted by Crippen LogP contribution is -2.12. The summed E-state index contributed by atoms with van der Waals surface area (Å²) >= 11 is 0. The zero-order valence-electron chi connectivity index (χ0n) is 21.0. The Balaban J connectivity index is 1.79. The summed E-state index contributed by atoms with van der Waals surface area (Å²) in [5.74, 6) is 0.0731. The van der Waals surface area contributed by atoms with Gasteiger partial charge in [-0.3, -0.25) is 4.79 Å². The van der Waals surface area contributed by atoms with E-state index in [1.165, 1.54) is 32.1 Å². The number of rotatable bonds is 19. The molecule has 188 valence electrons. The largest absolute Gasteiger partial charge is 0.494 e. The number of hydrogen-bond acceptors (Lipinski definition) is 5. The van der Waals surface area contributed by atoms with E-state index in [9.17, 15) is 9.90 Å². The normalized spacial score (nSPS) is 11.9. The molecule has 0 aliphatic rings. The molecular formula is C28H42N2O4. The molecule has 1 atom stereocenters. The van der Waals surface area contributed by atoms with Crippen molar-refractivity contribution in [3.63, 3.8) is 0 Å². The Kier molecular flexibility index (Phi) is 13.9. The van der Waals surface area contributed by atoms with E-state index in [2.05, 4.69) is 16.9 Å². The summed E-state index contributed by atoms with van der Waals surface area (Å²) in [6.45, 7) is 3.73. The summed E-state index contributed by atoms with van der Waals surface area (Å²) in [4.78, 5) is 20.7. The number of nitrogens with zero attached hydrogens (tertiary/aromatic N) is 2. The van der Waals surface area contributed by atoms with Crippen molar-refractivity contribution < 1.29 is 19.4 Å². The molecule has 34 heavy (non-hydrogen) atoms. The maximum Gasteiger partial charge on any atom is 0.311 e. The molecule has 0 aliphatic carbocycles. The van der Waals surface area contributed by atoms with Gasteiger partial charge in [-0.15, -0.1) is 0 Å². The lowest BCUT2D eigenvalue weighted by molar-refractivity contribution is -0.139. The van der Waals surface area contributed by atoms with Gasteiger partial charge in [0.2, 0.25) is 0 Å². The molecule has 0 fully saturated rings. The van der Waals surface area contributed by atoms with Crippen LogP contribution in [0.3, 0.4) is 0 Å². The third-order valence-electron chi connectivity index (χ3n) is 6.09. The van der Waals surface area contributed by atoms with E-state index in [4.69, 9.17) is 9.47 Å². The van der Waals surface area contributed by atoms with Crippen molar-refractivity contribution in [2.75, 3.05) is 20.3 Å². The molecule has 1 N–H and O–H groups in total. The van der Waals surface area contributed by atoms with Crippen molar-refractivity contribution in [1.29, 1.82) is 0 Å². The Bertz CT molecular complexity index is 793. The maximum absolute atomic E-state index is 11.8. The predicted octanol–water partition coefficient (Wildman–Crippen LogP) is 7.04. The van der Waals surface area contributed by atoms with Crippen LogP contribution in [-0.2, 0) is 9.53 Å². The zero-order chi connectivity index (χ0) is 24.4. The fourth-order valence-corrected chi connectivity index (χ4v) is 4.00. The number of aliphatic carboxylic acids is 1. The van der Waals surface area contributed by atoms with Gasteiger partial charge in [-0.25, -0.2) is 9.97 Å². The molecular weight excluding hydrogens is 428 g/mol. The van der Waals surface area contributed by atoms with Gasteiger partial charge in [0.1, 0.15) is 5.75 Å². The number of unbranched alkanes of at least 4 members (excludes halogenated alkanes) is 9. The number of carboxylic acid groups (broad SMARTS) is 1. The molecule has 6 heteroatoms. The van der Waals surface area contributed by atoms with Gasteiger partial charge in [-0.1, -0.05) is 58.3 Å². The Morgan fingerprint density at radius 2 is 1.44 bits per heavy atom. The first kappa shape index (κ1) is 27.8. The van der Waals surface area contributed by atoms with Crippen LogP contribution in [0.15, 0.2) is 36.7 Å². The molecule has 2 aromatic rings. The second-order valence-electron chi connectivity index (χ2n) is 8.92. The van der Waals surface area contributed by atoms with E-state index in [1.54, 1.807) is 19.5 Å². The first-order chi connectivity index (χ1) is 16.7. The standard InChI is InChI=1S/C28H42N2O4/c1-3-4-5-6-7-8-11-14-26(28(31)32)24-21-29-27(30-22-24)23-15-17-25(18-16-23)34-20-13-10-9-12-19-33-2/h15-18,21-22,26H,3-14,19-20H2,1-2H3,(H,31,32). The van der Waals surface area contributed by atoms with E-state index in [1.807, 2.05) is 24.3 Å². The van der Waals surface area contributed by atoms with Gasteiger partial charge in [0, 0.05) is 37.2 Å². The van der Waals surface area contributed by atoms with Crippen LogP contribution in [0.2, 0.25) is 0 Å². The predicted molar refractivity (Wildman–Crippen MR) is 136 cm³/mol. The van der Waals surface area contributed by atoms with Crippen LogP contribution in [-0.4, -0.2) is 41.4 Å². The molecule has 0 amide bonds. The van der Waals surface area contributed by atoms with Crippen LogP contribution >= 0.6 is 0 Å². The van der Waals surface area contributed by atoms with Crippen molar-refractivity contribution in [1.82, 2.24) is 9.97 Å². The van der Waals surface area contributed by atoms with E-state index in [0.29, 0.717) is 24.4 Å². The summed E-state index contributed by atoms with van der Waals surface area (Å²) in [5, 5.41) is 9.68. The molecule has 0 aliphatic heterocycles. The SMILES string of the molecule is CCCCCCCCCC(C(=O)O)c1cnc(-c2ccc(OCCCCCCOC)cc2)nc1. The van der Waals surface area contributed by atoms with Crippen molar-refractivity contribution in [2.24, 2.45) is 0 Å². The van der Waals surface area contributed by atoms with E-state index >= 15 is 0 Å². The molecule has 0 saturated carbocycles. The molecule has 0 radical (unpaired) electrons. The molecule has 1 aromatic carbocycles. The fourth-order valence-electron chi connectivity index (χ4n) is 4.00. The van der Waals surface area contributed by atoms with Crippen LogP contribution in [0.4, 0.5) is 0 Å². The fraction of sp³-hybridized carbons (Fsp3) is 0.607. The third-order valence-corrected chi connectivity index (χ3v) is 6.09. The Morgan fingerprint density at radius 3 is 2.06 bits per heavy atom. The van der Waals surface area contributed by atoms with Crippen molar-refractivity contribution in [3.8, 4) is 17.1 Å². The Morgan fingerprint density at radius 1 is 0.853 bits per heavy atom. The second kappa shape index (κ2) is 17.0. The van der Waals surface area contributed by atoms with Crippen molar-refractivity contribution in [2.45, 2.75) is 89.9 Å². The summed E-state index contributed by atoms with van der Waals surface area (Å²) in [7, 11) is 1.73. The van der Waals surface area contributed by atoms with E-state index in [-0.39, 0.29) is 0 Å².